The normalized spacial score (nSPS) is 42.0. The second kappa shape index (κ2) is 1.80. The van der Waals surface area contributed by atoms with Crippen molar-refractivity contribution in [1.29, 1.82) is 0 Å². The Bertz CT molecular complexity index is 55.1. The molecule has 0 radical (unpaired) electrons. The molecule has 7 heavy (non-hydrogen) atoms. The molecule has 2 atom stereocenters. The summed E-state index contributed by atoms with van der Waals surface area (Å²) in [6.45, 7) is 2.50. The van der Waals surface area contributed by atoms with Gasteiger partial charge in [-0.3, -0.25) is 0 Å². The number of aliphatic hydroxyl groups is 1. The highest BCUT2D eigenvalue weighted by molar-refractivity contribution is 4.67. The maximum absolute atomic E-state index is 8.77. The number of rotatable bonds is 0. The van der Waals surface area contributed by atoms with Crippen molar-refractivity contribution in [3.05, 3.63) is 0 Å². The summed E-state index contributed by atoms with van der Waals surface area (Å²) in [6.07, 6.45) is 0.880. The van der Waals surface area contributed by atoms with E-state index in [1.807, 2.05) is 6.92 Å². The fraction of sp³-hybridized carbons (Fsp3) is 1.00. The van der Waals surface area contributed by atoms with Gasteiger partial charge in [-0.2, -0.15) is 0 Å². The molecule has 1 rings (SSSR count). The first-order valence-electron chi connectivity index (χ1n) is 2.58. The van der Waals surface area contributed by atoms with Gasteiger partial charge in [0.1, 0.15) is 0 Å². The molecule has 0 spiro atoms. The van der Waals surface area contributed by atoms with Crippen LogP contribution in [0, 0.1) is 0 Å². The monoisotopic (exact) mass is 102 g/mol. The van der Waals surface area contributed by atoms with Crippen LogP contribution in [0.15, 0.2) is 0 Å². The summed E-state index contributed by atoms with van der Waals surface area (Å²) < 4.78 is 5.02. The van der Waals surface area contributed by atoms with Crippen molar-refractivity contribution in [2.75, 3.05) is 6.61 Å². The Hall–Kier alpha value is -0.0800. The zero-order chi connectivity index (χ0) is 5.28. The largest absolute Gasteiger partial charge is 0.391 e. The lowest BCUT2D eigenvalue weighted by molar-refractivity contribution is 0.0971. The van der Waals surface area contributed by atoms with Gasteiger partial charge in [0.15, 0.2) is 0 Å². The van der Waals surface area contributed by atoms with Crippen molar-refractivity contribution < 1.29 is 9.84 Å². The van der Waals surface area contributed by atoms with Crippen molar-refractivity contribution >= 4 is 0 Å². The van der Waals surface area contributed by atoms with E-state index in [2.05, 4.69) is 0 Å². The Morgan fingerprint density at radius 2 is 2.43 bits per heavy atom. The lowest BCUT2D eigenvalue weighted by Gasteiger charge is -1.94. The van der Waals surface area contributed by atoms with Crippen LogP contribution in [0.3, 0.4) is 0 Å². The van der Waals surface area contributed by atoms with Crippen molar-refractivity contribution in [3.8, 4) is 0 Å². The second-order valence-corrected chi connectivity index (χ2v) is 2.03. The molecule has 0 aromatic heterocycles. The zero-order valence-corrected chi connectivity index (χ0v) is 4.42. The molecule has 0 saturated carbocycles. The Labute approximate surface area is 43.1 Å². The summed E-state index contributed by atoms with van der Waals surface area (Å²) in [5, 5.41) is 8.77. The topological polar surface area (TPSA) is 29.5 Å². The molecule has 1 heterocycles. The molecule has 0 aromatic carbocycles. The van der Waals surface area contributed by atoms with Gasteiger partial charge < -0.3 is 9.84 Å². The van der Waals surface area contributed by atoms with Crippen LogP contribution in [0.5, 0.6) is 0 Å². The molecule has 0 aromatic rings. The van der Waals surface area contributed by atoms with E-state index in [0.717, 1.165) is 6.42 Å². The maximum Gasteiger partial charge on any atom is 0.0798 e. The van der Waals surface area contributed by atoms with Crippen molar-refractivity contribution in [2.45, 2.75) is 25.6 Å². The number of hydrogen-bond donors (Lipinski definition) is 1. The third-order valence-corrected chi connectivity index (χ3v) is 1.18. The Morgan fingerprint density at radius 1 is 1.71 bits per heavy atom. The molecule has 1 N–H and O–H groups in total. The van der Waals surface area contributed by atoms with Gasteiger partial charge in [0.2, 0.25) is 0 Å². The lowest BCUT2D eigenvalue weighted by Crippen LogP contribution is -2.03. The molecule has 2 nitrogen and oxygen atoms in total. The number of aliphatic hydroxyl groups excluding tert-OH is 1. The minimum Gasteiger partial charge on any atom is -0.391 e. The first-order valence-corrected chi connectivity index (χ1v) is 2.58. The lowest BCUT2D eigenvalue weighted by atomic mass is 10.2. The molecule has 0 amide bonds. The van der Waals surface area contributed by atoms with E-state index in [1.165, 1.54) is 0 Å². The summed E-state index contributed by atoms with van der Waals surface area (Å²) in [6, 6.07) is 0. The minimum atomic E-state index is -0.199. The predicted molar refractivity (Wildman–Crippen MR) is 26.0 cm³/mol. The fourth-order valence-corrected chi connectivity index (χ4v) is 0.795. The fourth-order valence-electron chi connectivity index (χ4n) is 0.795. The summed E-state index contributed by atoms with van der Waals surface area (Å²) in [4.78, 5) is 0. The summed E-state index contributed by atoms with van der Waals surface area (Å²) in [5.74, 6) is 0. The minimum absolute atomic E-state index is 0.199. The average molecular weight is 102 g/mol. The highest BCUT2D eigenvalue weighted by Crippen LogP contribution is 2.10. The molecule has 1 fully saturated rings. The van der Waals surface area contributed by atoms with Gasteiger partial charge in [-0.05, 0) is 6.92 Å². The molecule has 1 aliphatic heterocycles. The van der Waals surface area contributed by atoms with Crippen LogP contribution in [0.1, 0.15) is 13.3 Å². The summed E-state index contributed by atoms with van der Waals surface area (Å²) >= 11 is 0. The SMILES string of the molecule is C[C@@H]1CC(O)CO1. The molecule has 0 bridgehead atoms. The summed E-state index contributed by atoms with van der Waals surface area (Å²) in [7, 11) is 0. The third kappa shape index (κ3) is 1.14. The first-order chi connectivity index (χ1) is 3.29. The standard InChI is InChI=1S/C5H10O2/c1-4-2-5(6)3-7-4/h4-6H,2-3H2,1H3/t4-,5?/m1/s1. The van der Waals surface area contributed by atoms with Crippen molar-refractivity contribution in [2.24, 2.45) is 0 Å². The highest BCUT2D eigenvalue weighted by Gasteiger charge is 2.18. The molecule has 42 valence electrons. The van der Waals surface area contributed by atoms with Crippen LogP contribution >= 0.6 is 0 Å². The Kier molecular flexibility index (Phi) is 1.30. The smallest absolute Gasteiger partial charge is 0.0798 e. The Morgan fingerprint density at radius 3 is 2.57 bits per heavy atom. The van der Waals surface area contributed by atoms with Crippen LogP contribution in [-0.2, 0) is 4.74 Å². The van der Waals surface area contributed by atoms with Crippen LogP contribution in [-0.4, -0.2) is 23.9 Å². The molecular weight excluding hydrogens is 92.1 g/mol. The highest BCUT2D eigenvalue weighted by atomic mass is 16.5. The molecule has 0 aliphatic carbocycles. The summed E-state index contributed by atoms with van der Waals surface area (Å²) in [5.41, 5.74) is 0. The van der Waals surface area contributed by atoms with E-state index in [0.29, 0.717) is 6.61 Å². The van der Waals surface area contributed by atoms with Crippen LogP contribution in [0.25, 0.3) is 0 Å². The quantitative estimate of drug-likeness (QED) is 0.472. The van der Waals surface area contributed by atoms with Crippen LogP contribution in [0.2, 0.25) is 0 Å². The van der Waals surface area contributed by atoms with E-state index in [4.69, 9.17) is 9.84 Å². The average Bonchev–Trinajstić information content (AvgIpc) is 1.87. The molecular formula is C5H10O2. The number of ether oxygens (including phenoxy) is 1. The van der Waals surface area contributed by atoms with Crippen LogP contribution < -0.4 is 0 Å². The van der Waals surface area contributed by atoms with Gasteiger partial charge in [0, 0.05) is 6.42 Å². The van der Waals surface area contributed by atoms with Crippen LogP contribution in [0.4, 0.5) is 0 Å². The van der Waals surface area contributed by atoms with Gasteiger partial charge in [0.05, 0.1) is 18.8 Å². The van der Waals surface area contributed by atoms with Gasteiger partial charge in [0.25, 0.3) is 0 Å². The number of hydrogen-bond acceptors (Lipinski definition) is 2. The van der Waals surface area contributed by atoms with Crippen molar-refractivity contribution in [1.82, 2.24) is 0 Å². The predicted octanol–water partition coefficient (Wildman–Crippen LogP) is 0.156. The molecule has 2 heteroatoms. The van der Waals surface area contributed by atoms with E-state index in [-0.39, 0.29) is 12.2 Å². The molecule has 1 saturated heterocycles. The molecule has 1 aliphatic rings. The van der Waals surface area contributed by atoms with Gasteiger partial charge >= 0.3 is 0 Å². The van der Waals surface area contributed by atoms with Crippen molar-refractivity contribution in [3.63, 3.8) is 0 Å². The zero-order valence-electron chi connectivity index (χ0n) is 4.42. The van der Waals surface area contributed by atoms with E-state index in [1.54, 1.807) is 0 Å². The van der Waals surface area contributed by atoms with Gasteiger partial charge in [-0.15, -0.1) is 0 Å². The third-order valence-electron chi connectivity index (χ3n) is 1.18. The molecule has 1 unspecified atom stereocenters. The van der Waals surface area contributed by atoms with Gasteiger partial charge in [-0.25, -0.2) is 0 Å². The maximum atomic E-state index is 8.77. The first kappa shape index (κ1) is 5.06. The van der Waals surface area contributed by atoms with E-state index < -0.39 is 0 Å². The Balaban J connectivity index is 2.26. The van der Waals surface area contributed by atoms with E-state index in [9.17, 15) is 0 Å². The van der Waals surface area contributed by atoms with E-state index >= 15 is 0 Å². The second-order valence-electron chi connectivity index (χ2n) is 2.03. The van der Waals surface area contributed by atoms with Gasteiger partial charge in [-0.1, -0.05) is 0 Å².